The Morgan fingerprint density at radius 2 is 1.55 bits per heavy atom. The highest BCUT2D eigenvalue weighted by atomic mass is 79.9. The lowest BCUT2D eigenvalue weighted by Gasteiger charge is -2.38. The van der Waals surface area contributed by atoms with Gasteiger partial charge in [0.2, 0.25) is 5.91 Å². The van der Waals surface area contributed by atoms with E-state index >= 15 is 0 Å². The lowest BCUT2D eigenvalue weighted by molar-refractivity contribution is -0.122. The smallest absolute Gasteiger partial charge is 0.238 e. The maximum absolute atomic E-state index is 14.7. The Bertz CT molecular complexity index is 1750. The van der Waals surface area contributed by atoms with Gasteiger partial charge in [-0.15, -0.1) is 0 Å². The maximum Gasteiger partial charge on any atom is 0.238 e. The lowest BCUT2D eigenvalue weighted by Crippen LogP contribution is -2.49. The number of anilines is 1. The van der Waals surface area contributed by atoms with E-state index in [1.165, 1.54) is 0 Å². The number of nitrogens with zero attached hydrogens (tertiary/aromatic N) is 1. The highest BCUT2D eigenvalue weighted by Gasteiger charge is 2.70. The summed E-state index contributed by atoms with van der Waals surface area (Å²) < 4.78 is 0.826. The van der Waals surface area contributed by atoms with E-state index in [1.54, 1.807) is 48.5 Å². The zero-order chi connectivity index (χ0) is 27.6. The predicted octanol–water partition coefficient (Wildman–Crippen LogP) is 7.08. The highest BCUT2D eigenvalue weighted by molar-refractivity contribution is 9.10. The Morgan fingerprint density at radius 3 is 2.35 bits per heavy atom. The van der Waals surface area contributed by atoms with E-state index in [4.69, 9.17) is 11.6 Å². The number of Topliss-reactive ketones (excluding diaryl/α,β-unsaturated/α-hetero) is 2. The van der Waals surface area contributed by atoms with Gasteiger partial charge < -0.3 is 10.2 Å². The number of carbonyl (C=O) groups is 3. The number of fused-ring (bicyclic) bond motifs is 6. The molecule has 4 aromatic carbocycles. The molecule has 0 aliphatic carbocycles. The molecule has 40 heavy (non-hydrogen) atoms. The van der Waals surface area contributed by atoms with E-state index in [1.807, 2.05) is 65.7 Å². The van der Waals surface area contributed by atoms with Crippen LogP contribution in [-0.4, -0.2) is 28.4 Å². The summed E-state index contributed by atoms with van der Waals surface area (Å²) in [5, 5.41) is 3.37. The molecule has 4 atom stereocenters. The van der Waals surface area contributed by atoms with Crippen molar-refractivity contribution >= 4 is 56.8 Å². The average molecular weight is 610 g/mol. The highest BCUT2D eigenvalue weighted by Crippen LogP contribution is 2.62. The SMILES string of the molecule is O=C(c1ccccc1Cl)C1C(C(=O)c2ccc(Br)cc2)C2(C(=O)Nc3ccccc32)C2c3ccccc3C=CN12. The molecule has 7 heteroatoms. The van der Waals surface area contributed by atoms with E-state index < -0.39 is 23.4 Å². The number of para-hydroxylation sites is 1. The fraction of sp³-hybridized carbons (Fsp3) is 0.121. The van der Waals surface area contributed by atoms with Crippen molar-refractivity contribution in [2.24, 2.45) is 5.92 Å². The Balaban J connectivity index is 1.55. The van der Waals surface area contributed by atoms with Crippen LogP contribution in [0.25, 0.3) is 6.08 Å². The van der Waals surface area contributed by atoms with E-state index in [0.717, 1.165) is 15.6 Å². The Kier molecular flexibility index (Phi) is 5.81. The topological polar surface area (TPSA) is 66.5 Å². The molecule has 5 nitrogen and oxygen atoms in total. The van der Waals surface area contributed by atoms with Gasteiger partial charge in [-0.3, -0.25) is 14.4 Å². The van der Waals surface area contributed by atoms with Crippen LogP contribution in [0.3, 0.4) is 0 Å². The van der Waals surface area contributed by atoms with Crippen molar-refractivity contribution in [2.75, 3.05) is 5.32 Å². The molecule has 0 radical (unpaired) electrons. The van der Waals surface area contributed by atoms with Gasteiger partial charge in [-0.05, 0) is 53.1 Å². The molecule has 7 rings (SSSR count). The summed E-state index contributed by atoms with van der Waals surface area (Å²) in [5.74, 6) is -1.91. The summed E-state index contributed by atoms with van der Waals surface area (Å²) in [5.41, 5.74) is 2.57. The first-order chi connectivity index (χ1) is 19.4. The number of halogens is 2. The molecule has 0 saturated carbocycles. The zero-order valence-electron chi connectivity index (χ0n) is 21.1. The number of hydrogen-bond acceptors (Lipinski definition) is 4. The minimum absolute atomic E-state index is 0.273. The number of ketones is 2. The summed E-state index contributed by atoms with van der Waals surface area (Å²) in [6, 6.07) is 27.7. The average Bonchev–Trinajstić information content (AvgIpc) is 3.45. The molecule has 1 saturated heterocycles. The molecule has 3 heterocycles. The van der Waals surface area contributed by atoms with Gasteiger partial charge in [-0.25, -0.2) is 0 Å². The molecular weight excluding hydrogens is 588 g/mol. The summed E-state index contributed by atoms with van der Waals surface area (Å²) in [6.07, 6.45) is 3.80. The van der Waals surface area contributed by atoms with Gasteiger partial charge in [0.15, 0.2) is 11.6 Å². The van der Waals surface area contributed by atoms with E-state index in [2.05, 4.69) is 21.2 Å². The van der Waals surface area contributed by atoms with Gasteiger partial charge in [0, 0.05) is 27.5 Å². The summed E-state index contributed by atoms with van der Waals surface area (Å²) in [6.45, 7) is 0. The molecular formula is C33H22BrClN2O3. The summed E-state index contributed by atoms with van der Waals surface area (Å²) in [7, 11) is 0. The van der Waals surface area contributed by atoms with Crippen molar-refractivity contribution in [3.05, 3.63) is 141 Å². The number of amides is 1. The summed E-state index contributed by atoms with van der Waals surface area (Å²) in [4.78, 5) is 45.6. The number of rotatable bonds is 4. The number of carbonyl (C=O) groups excluding carboxylic acids is 3. The molecule has 4 unspecified atom stereocenters. The second-order valence-corrected chi connectivity index (χ2v) is 11.6. The molecule has 4 aromatic rings. The molecule has 196 valence electrons. The molecule has 0 bridgehead atoms. The van der Waals surface area contributed by atoms with Gasteiger partial charge in [0.1, 0.15) is 11.5 Å². The van der Waals surface area contributed by atoms with Crippen LogP contribution in [0.2, 0.25) is 5.02 Å². The van der Waals surface area contributed by atoms with Crippen LogP contribution in [0.5, 0.6) is 0 Å². The van der Waals surface area contributed by atoms with E-state index in [-0.39, 0.29) is 17.5 Å². The van der Waals surface area contributed by atoms with Crippen molar-refractivity contribution in [3.8, 4) is 0 Å². The molecule has 1 N–H and O–H groups in total. The fourth-order valence-corrected chi connectivity index (χ4v) is 7.28. The van der Waals surface area contributed by atoms with Crippen LogP contribution in [0, 0.1) is 5.92 Å². The first-order valence-electron chi connectivity index (χ1n) is 13.0. The van der Waals surface area contributed by atoms with Gasteiger partial charge in [0.25, 0.3) is 0 Å². The standard InChI is InChI=1S/C33H22BrClN2O3/c34-21-15-13-20(14-16-21)29(38)27-28(30(39)23-9-3-5-11-25(23)35)37-18-17-19-7-1-2-8-22(19)31(37)33(27)24-10-4-6-12-26(24)36-32(33)40/h1-18,27-28,31H,(H,36,40). The number of hydrogen-bond donors (Lipinski definition) is 1. The number of benzene rings is 4. The molecule has 0 aromatic heterocycles. The van der Waals surface area contributed by atoms with Crippen LogP contribution in [-0.2, 0) is 10.2 Å². The second kappa shape index (κ2) is 9.29. The van der Waals surface area contributed by atoms with Crippen molar-refractivity contribution in [2.45, 2.75) is 17.5 Å². The molecule has 1 fully saturated rings. The third kappa shape index (κ3) is 3.42. The van der Waals surface area contributed by atoms with Gasteiger partial charge in [-0.2, -0.15) is 0 Å². The zero-order valence-corrected chi connectivity index (χ0v) is 23.4. The maximum atomic E-state index is 14.7. The largest absolute Gasteiger partial charge is 0.358 e. The van der Waals surface area contributed by atoms with Crippen LogP contribution >= 0.6 is 27.5 Å². The predicted molar refractivity (Wildman–Crippen MR) is 158 cm³/mol. The Morgan fingerprint density at radius 1 is 0.850 bits per heavy atom. The fourth-order valence-electron chi connectivity index (χ4n) is 6.78. The first-order valence-corrected chi connectivity index (χ1v) is 14.1. The van der Waals surface area contributed by atoms with Crippen LogP contribution in [0.1, 0.15) is 43.4 Å². The number of nitrogens with one attached hydrogen (secondary N) is 1. The molecule has 1 spiro atoms. The second-order valence-electron chi connectivity index (χ2n) is 10.3. The van der Waals surface area contributed by atoms with E-state index in [9.17, 15) is 14.4 Å². The van der Waals surface area contributed by atoms with Crippen molar-refractivity contribution in [3.63, 3.8) is 0 Å². The summed E-state index contributed by atoms with van der Waals surface area (Å²) >= 11 is 10.00. The van der Waals surface area contributed by atoms with Crippen LogP contribution in [0.15, 0.2) is 108 Å². The Labute approximate surface area is 244 Å². The lowest BCUT2D eigenvalue weighted by atomic mass is 9.62. The van der Waals surface area contributed by atoms with E-state index in [0.29, 0.717) is 27.4 Å². The van der Waals surface area contributed by atoms with Gasteiger partial charge in [-0.1, -0.05) is 94.3 Å². The van der Waals surface area contributed by atoms with Crippen LogP contribution < -0.4 is 5.32 Å². The quantitative estimate of drug-likeness (QED) is 0.251. The van der Waals surface area contributed by atoms with Crippen LogP contribution in [0.4, 0.5) is 5.69 Å². The first kappa shape index (κ1) is 25.0. The Hall–Kier alpha value is -4.00. The molecule has 3 aliphatic heterocycles. The van der Waals surface area contributed by atoms with Crippen molar-refractivity contribution in [1.82, 2.24) is 4.90 Å². The van der Waals surface area contributed by atoms with Gasteiger partial charge >= 0.3 is 0 Å². The van der Waals surface area contributed by atoms with Gasteiger partial charge in [0.05, 0.1) is 17.0 Å². The minimum atomic E-state index is -1.37. The molecule has 1 amide bonds. The van der Waals surface area contributed by atoms with Crippen molar-refractivity contribution < 1.29 is 14.4 Å². The minimum Gasteiger partial charge on any atom is -0.358 e. The normalized spacial score (nSPS) is 23.9. The third-order valence-corrected chi connectivity index (χ3v) is 9.25. The monoisotopic (exact) mass is 608 g/mol. The molecule has 3 aliphatic rings. The van der Waals surface area contributed by atoms with Crippen molar-refractivity contribution in [1.29, 1.82) is 0 Å². The third-order valence-electron chi connectivity index (χ3n) is 8.39.